The molecular formula is C30H28N4O3. The second kappa shape index (κ2) is 9.82. The van der Waals surface area contributed by atoms with Crippen LogP contribution in [0, 0.1) is 25.2 Å². The van der Waals surface area contributed by atoms with Crippen LogP contribution in [-0.2, 0) is 11.2 Å². The molecular weight excluding hydrogens is 464 g/mol. The number of fused-ring (bicyclic) bond motifs is 2. The number of nitrogens with one attached hydrogen (secondary N) is 1. The van der Waals surface area contributed by atoms with E-state index in [1.807, 2.05) is 26.0 Å². The van der Waals surface area contributed by atoms with E-state index in [0.717, 1.165) is 41.6 Å². The summed E-state index contributed by atoms with van der Waals surface area (Å²) in [4.78, 5) is 17.8. The number of ether oxygens (including phenoxy) is 1. The maximum atomic E-state index is 12.9. The number of phenols is 1. The van der Waals surface area contributed by atoms with Gasteiger partial charge in [0.25, 0.3) is 0 Å². The molecule has 0 unspecified atom stereocenters. The Labute approximate surface area is 215 Å². The fourth-order valence-corrected chi connectivity index (χ4v) is 5.35. The topological polar surface area (TPSA) is 100 Å². The fraction of sp³-hybridized carbons (Fsp3) is 0.233. The normalized spacial score (nSPS) is 14.9. The summed E-state index contributed by atoms with van der Waals surface area (Å²) in [7, 11) is 1.45. The van der Waals surface area contributed by atoms with Crippen LogP contribution >= 0.6 is 0 Å². The van der Waals surface area contributed by atoms with Gasteiger partial charge in [-0.1, -0.05) is 24.3 Å². The zero-order valence-corrected chi connectivity index (χ0v) is 21.1. The van der Waals surface area contributed by atoms with Crippen LogP contribution in [0.25, 0.3) is 17.1 Å². The second-order valence-corrected chi connectivity index (χ2v) is 9.34. The fourth-order valence-electron chi connectivity index (χ4n) is 5.35. The molecule has 0 fully saturated rings. The number of methoxy groups -OCH3 is 1. The molecule has 0 radical (unpaired) electrons. The quantitative estimate of drug-likeness (QED) is 0.270. The number of rotatable bonds is 5. The van der Waals surface area contributed by atoms with Crippen LogP contribution in [-0.4, -0.2) is 27.7 Å². The van der Waals surface area contributed by atoms with Gasteiger partial charge in [0.05, 0.1) is 24.4 Å². The number of aryl methyl sites for hydroxylation is 3. The number of anilines is 1. The van der Waals surface area contributed by atoms with Crippen molar-refractivity contribution >= 4 is 28.7 Å². The highest BCUT2D eigenvalue weighted by Crippen LogP contribution is 2.39. The first-order valence-electron chi connectivity index (χ1n) is 12.3. The molecule has 7 nitrogen and oxygen atoms in total. The molecule has 1 aliphatic carbocycles. The van der Waals surface area contributed by atoms with Gasteiger partial charge in [0.2, 0.25) is 5.91 Å². The molecule has 0 bridgehead atoms. The van der Waals surface area contributed by atoms with Gasteiger partial charge < -0.3 is 19.7 Å². The van der Waals surface area contributed by atoms with Gasteiger partial charge in [-0.3, -0.25) is 4.79 Å². The summed E-state index contributed by atoms with van der Waals surface area (Å²) < 4.78 is 7.27. The number of phenolic OH excluding ortho intramolecular Hbond substituents is 1. The predicted molar refractivity (Wildman–Crippen MR) is 144 cm³/mol. The summed E-state index contributed by atoms with van der Waals surface area (Å²) in [5, 5.41) is 23.7. The molecule has 5 rings (SSSR count). The lowest BCUT2D eigenvalue weighted by Gasteiger charge is -2.28. The Morgan fingerprint density at radius 3 is 2.84 bits per heavy atom. The number of nitriles is 1. The molecule has 186 valence electrons. The molecule has 1 amide bonds. The Bertz CT molecular complexity index is 1590. The van der Waals surface area contributed by atoms with E-state index in [2.05, 4.69) is 34.2 Å². The molecule has 0 saturated carbocycles. The number of carbonyl (C=O) groups is 1. The minimum atomic E-state index is -0.363. The third-order valence-electron chi connectivity index (χ3n) is 6.92. The lowest BCUT2D eigenvalue weighted by molar-refractivity contribution is -0.111. The highest BCUT2D eigenvalue weighted by atomic mass is 16.5. The molecule has 2 heterocycles. The second-order valence-electron chi connectivity index (χ2n) is 9.34. The average Bonchev–Trinajstić information content (AvgIpc) is 3.21. The van der Waals surface area contributed by atoms with E-state index in [0.29, 0.717) is 16.9 Å². The Morgan fingerprint density at radius 2 is 2.05 bits per heavy atom. The largest absolute Gasteiger partial charge is 0.504 e. The van der Waals surface area contributed by atoms with Crippen molar-refractivity contribution in [1.29, 1.82) is 5.26 Å². The first kappa shape index (κ1) is 24.1. The number of aromatic nitrogens is 2. The van der Waals surface area contributed by atoms with E-state index in [1.54, 1.807) is 18.2 Å². The predicted octanol–water partition coefficient (Wildman–Crippen LogP) is 5.82. The Balaban J connectivity index is 1.62. The van der Waals surface area contributed by atoms with Gasteiger partial charge >= 0.3 is 0 Å². The van der Waals surface area contributed by atoms with Crippen LogP contribution in [0.5, 0.6) is 11.5 Å². The van der Waals surface area contributed by atoms with Crippen molar-refractivity contribution in [2.24, 2.45) is 0 Å². The molecule has 37 heavy (non-hydrogen) atoms. The van der Waals surface area contributed by atoms with Crippen molar-refractivity contribution in [3.05, 3.63) is 88.2 Å². The average molecular weight is 493 g/mol. The monoisotopic (exact) mass is 492 g/mol. The van der Waals surface area contributed by atoms with E-state index in [1.165, 1.54) is 30.4 Å². The van der Waals surface area contributed by atoms with Crippen molar-refractivity contribution in [3.8, 4) is 17.6 Å². The number of aromatic hydroxyl groups is 1. The zero-order chi connectivity index (χ0) is 26.1. The van der Waals surface area contributed by atoms with Gasteiger partial charge in [0.15, 0.2) is 11.5 Å². The van der Waals surface area contributed by atoms with E-state index < -0.39 is 0 Å². The maximum absolute atomic E-state index is 12.9. The van der Waals surface area contributed by atoms with E-state index in [9.17, 15) is 15.2 Å². The summed E-state index contributed by atoms with van der Waals surface area (Å²) in [6.07, 6.45) is 6.11. The number of nitrogens with zero attached hydrogens (tertiary/aromatic N) is 3. The molecule has 2 aromatic heterocycles. The van der Waals surface area contributed by atoms with Gasteiger partial charge in [0, 0.05) is 28.9 Å². The molecule has 0 spiro atoms. The van der Waals surface area contributed by atoms with Crippen LogP contribution in [0.4, 0.5) is 5.69 Å². The molecule has 2 N–H and O–H groups in total. The summed E-state index contributed by atoms with van der Waals surface area (Å²) in [5.74, 6) is -0.106. The summed E-state index contributed by atoms with van der Waals surface area (Å²) in [6.45, 7) is 3.95. The molecule has 0 aliphatic heterocycles. The van der Waals surface area contributed by atoms with Gasteiger partial charge in [-0.15, -0.1) is 0 Å². The first-order valence-corrected chi connectivity index (χ1v) is 12.3. The van der Waals surface area contributed by atoms with Gasteiger partial charge in [-0.2, -0.15) is 5.26 Å². The van der Waals surface area contributed by atoms with Crippen LogP contribution in [0.2, 0.25) is 0 Å². The van der Waals surface area contributed by atoms with Crippen molar-refractivity contribution in [2.75, 3.05) is 12.4 Å². The lowest BCUT2D eigenvalue weighted by atomic mass is 9.87. The third kappa shape index (κ3) is 4.43. The number of hydrogen-bond donors (Lipinski definition) is 2. The smallest absolute Gasteiger partial charge is 0.248 e. The first-order chi connectivity index (χ1) is 17.9. The minimum Gasteiger partial charge on any atom is -0.504 e. The highest BCUT2D eigenvalue weighted by Gasteiger charge is 2.28. The van der Waals surface area contributed by atoms with E-state index >= 15 is 0 Å². The molecule has 0 saturated heterocycles. The van der Waals surface area contributed by atoms with Crippen LogP contribution < -0.4 is 10.1 Å². The Kier molecular flexibility index (Phi) is 6.41. The van der Waals surface area contributed by atoms with E-state index in [-0.39, 0.29) is 23.4 Å². The number of benzene rings is 2. The van der Waals surface area contributed by atoms with Crippen LogP contribution in [0.15, 0.2) is 54.6 Å². The molecule has 4 aromatic rings. The standard InChI is InChI=1S/C30H28N4O3/c1-18-15-19(2)32-30-29(18)23(17-31)25(34(30)24-10-6-8-20-7-4-5-9-22(20)24)12-14-28(36)33-21-11-13-26(35)27(16-21)37-3/h4-5,7,9,11-16,24,35H,6,8,10H2,1-3H3,(H,33,36)/t24-/m0/s1. The minimum absolute atomic E-state index is 0.00678. The number of pyridine rings is 1. The van der Waals surface area contributed by atoms with Gasteiger partial charge in [-0.05, 0) is 74.1 Å². The molecule has 7 heteroatoms. The van der Waals surface area contributed by atoms with Gasteiger partial charge in [0.1, 0.15) is 11.7 Å². The van der Waals surface area contributed by atoms with Crippen molar-refractivity contribution in [2.45, 2.75) is 39.2 Å². The molecule has 1 atom stereocenters. The maximum Gasteiger partial charge on any atom is 0.248 e. The Hall–Kier alpha value is -4.57. The number of carbonyl (C=O) groups excluding carboxylic acids is 1. The van der Waals surface area contributed by atoms with Crippen molar-refractivity contribution < 1.29 is 14.6 Å². The third-order valence-corrected chi connectivity index (χ3v) is 6.92. The summed E-state index contributed by atoms with van der Waals surface area (Å²) in [5.41, 5.74) is 6.82. The van der Waals surface area contributed by atoms with Crippen LogP contribution in [0.3, 0.4) is 0 Å². The lowest BCUT2D eigenvalue weighted by Crippen LogP contribution is -2.19. The number of hydrogen-bond acceptors (Lipinski definition) is 5. The highest BCUT2D eigenvalue weighted by molar-refractivity contribution is 6.03. The SMILES string of the molecule is COc1cc(NC(=O)C=Cc2c(C#N)c3c(C)cc(C)nc3n2[C@H]2CCCc3ccccc32)ccc1O. The van der Waals surface area contributed by atoms with Crippen LogP contribution in [0.1, 0.15) is 52.5 Å². The molecule has 2 aromatic carbocycles. The molecule has 1 aliphatic rings. The Morgan fingerprint density at radius 1 is 1.24 bits per heavy atom. The van der Waals surface area contributed by atoms with Crippen molar-refractivity contribution in [3.63, 3.8) is 0 Å². The number of amides is 1. The van der Waals surface area contributed by atoms with E-state index in [4.69, 9.17) is 9.72 Å². The summed E-state index contributed by atoms with van der Waals surface area (Å²) >= 11 is 0. The van der Waals surface area contributed by atoms with Gasteiger partial charge in [-0.25, -0.2) is 4.98 Å². The summed E-state index contributed by atoms with van der Waals surface area (Å²) in [6, 6.07) is 17.4. The van der Waals surface area contributed by atoms with Crippen molar-refractivity contribution in [1.82, 2.24) is 9.55 Å². The zero-order valence-electron chi connectivity index (χ0n) is 21.1.